The fourth-order valence-electron chi connectivity index (χ4n) is 2.26. The maximum atomic E-state index is 12.3. The highest BCUT2D eigenvalue weighted by atomic mass is 16.3. The van der Waals surface area contributed by atoms with E-state index in [1.807, 2.05) is 50.2 Å². The molecular weight excluding hydrogens is 306 g/mol. The number of hydrogen-bond donors (Lipinski definition) is 0. The highest BCUT2D eigenvalue weighted by Crippen LogP contribution is 2.14. The van der Waals surface area contributed by atoms with Gasteiger partial charge < -0.3 is 9.32 Å². The van der Waals surface area contributed by atoms with Gasteiger partial charge in [-0.2, -0.15) is 4.80 Å². The lowest BCUT2D eigenvalue weighted by Crippen LogP contribution is -2.30. The second-order valence-corrected chi connectivity index (χ2v) is 5.77. The van der Waals surface area contributed by atoms with Gasteiger partial charge in [0.2, 0.25) is 11.7 Å². The maximum Gasteiger partial charge on any atom is 0.246 e. The first-order chi connectivity index (χ1) is 11.5. The Labute approximate surface area is 139 Å². The molecule has 7 nitrogen and oxygen atoms in total. The maximum absolute atomic E-state index is 12.3. The van der Waals surface area contributed by atoms with E-state index in [2.05, 4.69) is 15.4 Å². The van der Waals surface area contributed by atoms with Crippen LogP contribution >= 0.6 is 0 Å². The van der Waals surface area contributed by atoms with Crippen molar-refractivity contribution in [1.29, 1.82) is 0 Å². The molecule has 1 amide bonds. The fraction of sp³-hybridized carbons (Fsp3) is 0.294. The quantitative estimate of drug-likeness (QED) is 0.719. The third kappa shape index (κ3) is 3.68. The molecule has 24 heavy (non-hydrogen) atoms. The molecule has 2 aromatic heterocycles. The summed E-state index contributed by atoms with van der Waals surface area (Å²) in [6.07, 6.45) is 0. The molecular formula is C17H19N5O2. The third-order valence-electron chi connectivity index (χ3n) is 3.65. The van der Waals surface area contributed by atoms with E-state index in [9.17, 15) is 4.79 Å². The van der Waals surface area contributed by atoms with Crippen molar-refractivity contribution in [2.24, 2.45) is 0 Å². The average Bonchev–Trinajstić information content (AvgIpc) is 3.17. The third-order valence-corrected chi connectivity index (χ3v) is 3.65. The number of tetrazole rings is 1. The SMILES string of the molecule is Cc1ccc(-c2nnn(CC(=O)N(C)Cc3ccc(C)o3)n2)cc1. The zero-order chi connectivity index (χ0) is 17.1. The normalized spacial score (nSPS) is 10.8. The molecule has 1 aromatic carbocycles. The summed E-state index contributed by atoms with van der Waals surface area (Å²) in [5.41, 5.74) is 2.04. The predicted octanol–water partition coefficient (Wildman–Crippen LogP) is 2.21. The Morgan fingerprint density at radius 2 is 1.92 bits per heavy atom. The number of carbonyl (C=O) groups is 1. The Hall–Kier alpha value is -2.96. The van der Waals surface area contributed by atoms with Gasteiger partial charge in [0.1, 0.15) is 18.1 Å². The van der Waals surface area contributed by atoms with Crippen molar-refractivity contribution in [2.45, 2.75) is 26.9 Å². The Bertz CT molecular complexity index is 835. The van der Waals surface area contributed by atoms with E-state index in [4.69, 9.17) is 4.42 Å². The lowest BCUT2D eigenvalue weighted by Gasteiger charge is -2.14. The molecule has 3 aromatic rings. The van der Waals surface area contributed by atoms with Gasteiger partial charge in [-0.25, -0.2) is 0 Å². The van der Waals surface area contributed by atoms with E-state index < -0.39 is 0 Å². The summed E-state index contributed by atoms with van der Waals surface area (Å²) in [4.78, 5) is 15.2. The van der Waals surface area contributed by atoms with Gasteiger partial charge >= 0.3 is 0 Å². The lowest BCUT2D eigenvalue weighted by atomic mass is 10.1. The van der Waals surface area contributed by atoms with E-state index in [1.165, 1.54) is 4.80 Å². The molecule has 0 aliphatic carbocycles. The minimum absolute atomic E-state index is 0.0368. The molecule has 124 valence electrons. The van der Waals surface area contributed by atoms with Crippen molar-refractivity contribution in [2.75, 3.05) is 7.05 Å². The minimum Gasteiger partial charge on any atom is -0.464 e. The van der Waals surface area contributed by atoms with Crippen LogP contribution in [-0.4, -0.2) is 38.1 Å². The number of aryl methyl sites for hydroxylation is 2. The zero-order valence-electron chi connectivity index (χ0n) is 13.9. The number of aromatic nitrogens is 4. The van der Waals surface area contributed by atoms with Crippen molar-refractivity contribution in [3.05, 3.63) is 53.5 Å². The molecule has 0 radical (unpaired) electrons. The van der Waals surface area contributed by atoms with Crippen LogP contribution < -0.4 is 0 Å². The monoisotopic (exact) mass is 325 g/mol. The second kappa shape index (κ2) is 6.66. The molecule has 0 aliphatic heterocycles. The van der Waals surface area contributed by atoms with Crippen LogP contribution in [0.1, 0.15) is 17.1 Å². The first-order valence-corrected chi connectivity index (χ1v) is 7.65. The fourth-order valence-corrected chi connectivity index (χ4v) is 2.26. The van der Waals surface area contributed by atoms with Crippen LogP contribution in [0.25, 0.3) is 11.4 Å². The van der Waals surface area contributed by atoms with Gasteiger partial charge in [-0.15, -0.1) is 10.2 Å². The van der Waals surface area contributed by atoms with Gasteiger partial charge in [-0.05, 0) is 31.2 Å². The molecule has 0 aliphatic rings. The van der Waals surface area contributed by atoms with Crippen LogP contribution in [0.15, 0.2) is 40.8 Å². The van der Waals surface area contributed by atoms with Crippen molar-refractivity contribution in [1.82, 2.24) is 25.1 Å². The van der Waals surface area contributed by atoms with E-state index in [0.717, 1.165) is 22.6 Å². The molecule has 3 rings (SSSR count). The van der Waals surface area contributed by atoms with Crippen LogP contribution in [0.5, 0.6) is 0 Å². The zero-order valence-corrected chi connectivity index (χ0v) is 13.9. The van der Waals surface area contributed by atoms with Crippen LogP contribution in [-0.2, 0) is 17.9 Å². The van der Waals surface area contributed by atoms with Crippen molar-refractivity contribution < 1.29 is 9.21 Å². The topological polar surface area (TPSA) is 77.0 Å². The first-order valence-electron chi connectivity index (χ1n) is 7.65. The number of amides is 1. The molecule has 7 heteroatoms. The van der Waals surface area contributed by atoms with Gasteiger partial charge in [0.25, 0.3) is 0 Å². The smallest absolute Gasteiger partial charge is 0.246 e. The van der Waals surface area contributed by atoms with Crippen LogP contribution in [0.4, 0.5) is 0 Å². The minimum atomic E-state index is -0.114. The molecule has 0 unspecified atom stereocenters. The summed E-state index contributed by atoms with van der Waals surface area (Å²) < 4.78 is 5.48. The number of likely N-dealkylation sites (N-methyl/N-ethyl adjacent to an activating group) is 1. The van der Waals surface area contributed by atoms with E-state index in [1.54, 1.807) is 11.9 Å². The summed E-state index contributed by atoms with van der Waals surface area (Å²) in [5.74, 6) is 1.96. The molecule has 0 spiro atoms. The van der Waals surface area contributed by atoms with Gasteiger partial charge in [-0.3, -0.25) is 4.79 Å². The van der Waals surface area contributed by atoms with Crippen molar-refractivity contribution in [3.63, 3.8) is 0 Å². The largest absolute Gasteiger partial charge is 0.464 e. The molecule has 2 heterocycles. The summed E-state index contributed by atoms with van der Waals surface area (Å²) in [6, 6.07) is 11.6. The van der Waals surface area contributed by atoms with Crippen molar-refractivity contribution in [3.8, 4) is 11.4 Å². The summed E-state index contributed by atoms with van der Waals surface area (Å²) in [6.45, 7) is 4.33. The van der Waals surface area contributed by atoms with Crippen LogP contribution in [0, 0.1) is 13.8 Å². The Morgan fingerprint density at radius 1 is 1.17 bits per heavy atom. The Morgan fingerprint density at radius 3 is 2.58 bits per heavy atom. The van der Waals surface area contributed by atoms with E-state index in [0.29, 0.717) is 12.4 Å². The summed E-state index contributed by atoms with van der Waals surface area (Å²) in [5, 5.41) is 12.2. The van der Waals surface area contributed by atoms with Crippen molar-refractivity contribution >= 4 is 5.91 Å². The molecule has 0 bridgehead atoms. The van der Waals surface area contributed by atoms with Crippen LogP contribution in [0.3, 0.4) is 0 Å². The number of furan rings is 1. The Kier molecular flexibility index (Phi) is 4.41. The Balaban J connectivity index is 1.63. The number of carbonyl (C=O) groups excluding carboxylic acids is 1. The molecule has 0 saturated heterocycles. The lowest BCUT2D eigenvalue weighted by molar-refractivity contribution is -0.131. The highest BCUT2D eigenvalue weighted by Gasteiger charge is 2.14. The molecule has 0 N–H and O–H groups in total. The summed E-state index contributed by atoms with van der Waals surface area (Å²) in [7, 11) is 1.72. The van der Waals surface area contributed by atoms with Gasteiger partial charge in [0, 0.05) is 12.6 Å². The number of nitrogens with zero attached hydrogens (tertiary/aromatic N) is 5. The van der Waals surface area contributed by atoms with Gasteiger partial charge in [0.15, 0.2) is 0 Å². The molecule has 0 atom stereocenters. The average molecular weight is 325 g/mol. The van der Waals surface area contributed by atoms with Gasteiger partial charge in [-0.1, -0.05) is 29.8 Å². The second-order valence-electron chi connectivity index (χ2n) is 5.77. The standard InChI is InChI=1S/C17H19N5O2/c1-12-4-7-14(8-5-12)17-18-20-22(19-17)11-16(23)21(3)10-15-9-6-13(2)24-15/h4-9H,10-11H2,1-3H3. The van der Waals surface area contributed by atoms with E-state index in [-0.39, 0.29) is 12.5 Å². The van der Waals surface area contributed by atoms with E-state index >= 15 is 0 Å². The number of rotatable bonds is 5. The van der Waals surface area contributed by atoms with Gasteiger partial charge in [0.05, 0.1) is 6.54 Å². The summed E-state index contributed by atoms with van der Waals surface area (Å²) >= 11 is 0. The van der Waals surface area contributed by atoms with Crippen LogP contribution in [0.2, 0.25) is 0 Å². The molecule has 0 saturated carbocycles. The number of benzene rings is 1. The predicted molar refractivity (Wildman–Crippen MR) is 87.9 cm³/mol. The highest BCUT2D eigenvalue weighted by molar-refractivity contribution is 5.75. The number of hydrogen-bond acceptors (Lipinski definition) is 5. The molecule has 0 fully saturated rings. The first kappa shape index (κ1) is 15.9.